The number of thiazole rings is 1. The Hall–Kier alpha value is -1.46. The zero-order valence-corrected chi connectivity index (χ0v) is 11.0. The molecule has 0 aliphatic carbocycles. The number of carbonyl (C=O) groups is 1. The van der Waals surface area contributed by atoms with E-state index in [0.717, 1.165) is 20.9 Å². The van der Waals surface area contributed by atoms with Crippen LogP contribution < -0.4 is 5.32 Å². The van der Waals surface area contributed by atoms with Crippen LogP contribution in [0.25, 0.3) is 11.3 Å². The number of hydrogen-bond acceptors (Lipinski definition) is 3. The van der Waals surface area contributed by atoms with Crippen molar-refractivity contribution in [2.24, 2.45) is 0 Å². The first-order chi connectivity index (χ1) is 8.19. The lowest BCUT2D eigenvalue weighted by Crippen LogP contribution is -2.08. The monoisotopic (exact) mass is 264 g/mol. The molecule has 1 amide bonds. The fraction of sp³-hybridized carbons (Fsp3) is 0.167. The van der Waals surface area contributed by atoms with Gasteiger partial charge in [0.15, 0.2) is 3.95 Å². The van der Waals surface area contributed by atoms with E-state index in [1.165, 1.54) is 11.3 Å². The minimum absolute atomic E-state index is 0.0210. The second-order valence-corrected chi connectivity index (χ2v) is 5.09. The quantitative estimate of drug-likeness (QED) is 0.828. The Balaban J connectivity index is 2.18. The molecule has 17 heavy (non-hydrogen) atoms. The van der Waals surface area contributed by atoms with Gasteiger partial charge in [-0.1, -0.05) is 19.1 Å². The van der Waals surface area contributed by atoms with Gasteiger partial charge in [0.25, 0.3) is 0 Å². The van der Waals surface area contributed by atoms with E-state index in [9.17, 15) is 4.79 Å². The maximum atomic E-state index is 11.2. The van der Waals surface area contributed by atoms with Crippen LogP contribution in [0, 0.1) is 3.95 Å². The van der Waals surface area contributed by atoms with Crippen molar-refractivity contribution in [3.8, 4) is 11.3 Å². The number of aromatic amines is 1. The van der Waals surface area contributed by atoms with Crippen molar-refractivity contribution >= 4 is 35.1 Å². The number of aromatic nitrogens is 1. The molecule has 0 fully saturated rings. The SMILES string of the molecule is CCC(=O)Nc1ccc(-c2csc(=S)[nH]2)cc1. The second kappa shape index (κ2) is 5.25. The van der Waals surface area contributed by atoms with Crippen molar-refractivity contribution in [2.75, 3.05) is 5.32 Å². The highest BCUT2D eigenvalue weighted by Crippen LogP contribution is 2.21. The van der Waals surface area contributed by atoms with Crippen molar-refractivity contribution in [3.05, 3.63) is 33.6 Å². The summed E-state index contributed by atoms with van der Waals surface area (Å²) in [7, 11) is 0. The molecule has 0 saturated carbocycles. The number of rotatable bonds is 3. The highest BCUT2D eigenvalue weighted by Gasteiger charge is 2.01. The molecule has 1 heterocycles. The van der Waals surface area contributed by atoms with Crippen LogP contribution in [-0.2, 0) is 4.79 Å². The van der Waals surface area contributed by atoms with Crippen molar-refractivity contribution in [1.29, 1.82) is 0 Å². The van der Waals surface area contributed by atoms with Crippen LogP contribution in [-0.4, -0.2) is 10.9 Å². The van der Waals surface area contributed by atoms with Crippen LogP contribution >= 0.6 is 23.6 Å². The lowest BCUT2D eigenvalue weighted by Gasteiger charge is -2.04. The van der Waals surface area contributed by atoms with Gasteiger partial charge in [-0.05, 0) is 29.9 Å². The third-order valence-electron chi connectivity index (χ3n) is 2.32. The number of hydrogen-bond donors (Lipinski definition) is 2. The molecule has 1 aromatic carbocycles. The predicted octanol–water partition coefficient (Wildman–Crippen LogP) is 3.82. The first-order valence-electron chi connectivity index (χ1n) is 5.27. The minimum Gasteiger partial charge on any atom is -0.337 e. The summed E-state index contributed by atoms with van der Waals surface area (Å²) < 4.78 is 0.767. The van der Waals surface area contributed by atoms with Gasteiger partial charge < -0.3 is 10.3 Å². The van der Waals surface area contributed by atoms with Gasteiger partial charge in [-0.3, -0.25) is 4.79 Å². The average Bonchev–Trinajstić information content (AvgIpc) is 2.77. The van der Waals surface area contributed by atoms with Gasteiger partial charge in [0.05, 0.1) is 5.69 Å². The number of nitrogens with one attached hydrogen (secondary N) is 2. The molecular weight excluding hydrogens is 252 g/mol. The first-order valence-corrected chi connectivity index (χ1v) is 6.56. The third-order valence-corrected chi connectivity index (χ3v) is 3.38. The summed E-state index contributed by atoms with van der Waals surface area (Å²) in [6.45, 7) is 1.83. The molecule has 0 aliphatic heterocycles. The molecule has 0 atom stereocenters. The summed E-state index contributed by atoms with van der Waals surface area (Å²) in [6.07, 6.45) is 0.485. The van der Waals surface area contributed by atoms with Crippen LogP contribution in [0.4, 0.5) is 5.69 Å². The van der Waals surface area contributed by atoms with Crippen LogP contribution in [0.2, 0.25) is 0 Å². The molecule has 0 bridgehead atoms. The molecular formula is C12H12N2OS2. The maximum Gasteiger partial charge on any atom is 0.224 e. The number of amides is 1. The molecule has 1 aromatic heterocycles. The lowest BCUT2D eigenvalue weighted by molar-refractivity contribution is -0.115. The van der Waals surface area contributed by atoms with E-state index in [2.05, 4.69) is 10.3 Å². The van der Waals surface area contributed by atoms with E-state index in [-0.39, 0.29) is 5.91 Å². The van der Waals surface area contributed by atoms with E-state index in [1.54, 1.807) is 0 Å². The second-order valence-electron chi connectivity index (χ2n) is 3.54. The Morgan fingerprint density at radius 1 is 1.41 bits per heavy atom. The van der Waals surface area contributed by atoms with Crippen molar-refractivity contribution in [3.63, 3.8) is 0 Å². The molecule has 2 rings (SSSR count). The standard InChI is InChI=1S/C12H12N2OS2/c1-2-11(15)13-9-5-3-8(4-6-9)10-7-17-12(16)14-10/h3-7H,2H2,1H3,(H,13,15)(H,14,16). The Morgan fingerprint density at radius 2 is 2.12 bits per heavy atom. The molecule has 2 aromatic rings. The molecule has 0 saturated heterocycles. The van der Waals surface area contributed by atoms with Crippen molar-refractivity contribution in [1.82, 2.24) is 4.98 Å². The summed E-state index contributed by atoms with van der Waals surface area (Å²) in [4.78, 5) is 14.3. The zero-order chi connectivity index (χ0) is 12.3. The van der Waals surface area contributed by atoms with E-state index < -0.39 is 0 Å². The van der Waals surface area contributed by atoms with Gasteiger partial charge in [-0.15, -0.1) is 11.3 Å². The molecule has 2 N–H and O–H groups in total. The average molecular weight is 264 g/mol. The van der Waals surface area contributed by atoms with E-state index in [0.29, 0.717) is 6.42 Å². The first kappa shape index (κ1) is 12.0. The van der Waals surface area contributed by atoms with Gasteiger partial charge >= 0.3 is 0 Å². The molecule has 0 unspecified atom stereocenters. The smallest absolute Gasteiger partial charge is 0.224 e. The highest BCUT2D eigenvalue weighted by atomic mass is 32.1. The summed E-state index contributed by atoms with van der Waals surface area (Å²) in [5.74, 6) is 0.0210. The molecule has 3 nitrogen and oxygen atoms in total. The summed E-state index contributed by atoms with van der Waals surface area (Å²) >= 11 is 6.54. The highest BCUT2D eigenvalue weighted by molar-refractivity contribution is 7.73. The van der Waals surface area contributed by atoms with Gasteiger partial charge in [0.2, 0.25) is 5.91 Å². The molecule has 88 valence electrons. The number of anilines is 1. The summed E-state index contributed by atoms with van der Waals surface area (Å²) in [5, 5.41) is 4.80. The summed E-state index contributed by atoms with van der Waals surface area (Å²) in [5.41, 5.74) is 2.88. The van der Waals surface area contributed by atoms with Crippen LogP contribution in [0.15, 0.2) is 29.6 Å². The number of carbonyl (C=O) groups excluding carboxylic acids is 1. The number of benzene rings is 1. The van der Waals surface area contributed by atoms with E-state index in [4.69, 9.17) is 12.2 Å². The normalized spacial score (nSPS) is 10.2. The molecule has 0 spiro atoms. The largest absolute Gasteiger partial charge is 0.337 e. The Morgan fingerprint density at radius 3 is 2.65 bits per heavy atom. The number of H-pyrrole nitrogens is 1. The van der Waals surface area contributed by atoms with E-state index >= 15 is 0 Å². The molecule has 0 radical (unpaired) electrons. The third kappa shape index (κ3) is 3.01. The lowest BCUT2D eigenvalue weighted by atomic mass is 10.1. The molecule has 0 aliphatic rings. The Bertz CT molecular complexity index is 569. The van der Waals surface area contributed by atoms with Crippen molar-refractivity contribution in [2.45, 2.75) is 13.3 Å². The fourth-order valence-electron chi connectivity index (χ4n) is 1.40. The zero-order valence-electron chi connectivity index (χ0n) is 9.32. The maximum absolute atomic E-state index is 11.2. The predicted molar refractivity (Wildman–Crippen MR) is 73.9 cm³/mol. The minimum atomic E-state index is 0.0210. The Kier molecular flexibility index (Phi) is 3.71. The van der Waals surface area contributed by atoms with Gasteiger partial charge in [0, 0.05) is 17.5 Å². The molecule has 5 heteroatoms. The van der Waals surface area contributed by atoms with Gasteiger partial charge in [-0.2, -0.15) is 0 Å². The van der Waals surface area contributed by atoms with Crippen molar-refractivity contribution < 1.29 is 4.79 Å². The fourth-order valence-corrected chi connectivity index (χ4v) is 2.25. The Labute approximate surface area is 109 Å². The summed E-state index contributed by atoms with van der Waals surface area (Å²) in [6, 6.07) is 7.69. The van der Waals surface area contributed by atoms with Gasteiger partial charge in [0.1, 0.15) is 0 Å². The van der Waals surface area contributed by atoms with Crippen LogP contribution in [0.1, 0.15) is 13.3 Å². The topological polar surface area (TPSA) is 44.9 Å². The van der Waals surface area contributed by atoms with E-state index in [1.807, 2.05) is 36.6 Å². The van der Waals surface area contributed by atoms with Crippen LogP contribution in [0.5, 0.6) is 0 Å². The van der Waals surface area contributed by atoms with Gasteiger partial charge in [-0.25, -0.2) is 0 Å². The van der Waals surface area contributed by atoms with Crippen LogP contribution in [0.3, 0.4) is 0 Å².